The zero-order valence-electron chi connectivity index (χ0n) is 11.8. The molecule has 3 N–H and O–H groups in total. The quantitative estimate of drug-likeness (QED) is 0.853. The van der Waals surface area contributed by atoms with Gasteiger partial charge in [-0.2, -0.15) is 0 Å². The summed E-state index contributed by atoms with van der Waals surface area (Å²) >= 11 is 0. The summed E-state index contributed by atoms with van der Waals surface area (Å²) < 4.78 is 10.5. The third-order valence-corrected chi connectivity index (χ3v) is 2.90. The smallest absolute Gasteiger partial charge is 0.262 e. The molecule has 0 aliphatic heterocycles. The molecule has 0 spiro atoms. The van der Waals surface area contributed by atoms with Gasteiger partial charge in [0, 0.05) is 12.2 Å². The van der Waals surface area contributed by atoms with Gasteiger partial charge in [0.15, 0.2) is 6.61 Å². The average molecular weight is 286 g/mol. The van der Waals surface area contributed by atoms with Crippen LogP contribution in [0, 0.1) is 0 Å². The lowest BCUT2D eigenvalue weighted by Gasteiger charge is -2.08. The van der Waals surface area contributed by atoms with E-state index in [1.807, 2.05) is 12.1 Å². The summed E-state index contributed by atoms with van der Waals surface area (Å²) in [5.41, 5.74) is 7.23. The number of benzene rings is 2. The zero-order valence-corrected chi connectivity index (χ0v) is 11.8. The number of methoxy groups -OCH3 is 1. The molecule has 0 aliphatic rings. The number of amides is 1. The molecule has 0 saturated carbocycles. The molecule has 1 amide bonds. The Kier molecular flexibility index (Phi) is 5.17. The lowest BCUT2D eigenvalue weighted by Crippen LogP contribution is -2.20. The second-order valence-corrected chi connectivity index (χ2v) is 4.41. The van der Waals surface area contributed by atoms with Gasteiger partial charge in [-0.3, -0.25) is 4.79 Å². The molecule has 0 bridgehead atoms. The summed E-state index contributed by atoms with van der Waals surface area (Å²) in [4.78, 5) is 11.8. The molecule has 21 heavy (non-hydrogen) atoms. The van der Waals surface area contributed by atoms with E-state index < -0.39 is 0 Å². The molecule has 110 valence electrons. The van der Waals surface area contributed by atoms with E-state index in [2.05, 4.69) is 5.32 Å². The summed E-state index contributed by atoms with van der Waals surface area (Å²) in [7, 11) is 1.59. The van der Waals surface area contributed by atoms with E-state index in [1.165, 1.54) is 0 Å². The maximum atomic E-state index is 11.8. The van der Waals surface area contributed by atoms with Crippen LogP contribution in [-0.4, -0.2) is 19.6 Å². The van der Waals surface area contributed by atoms with Crippen molar-refractivity contribution in [2.24, 2.45) is 5.73 Å². The minimum Gasteiger partial charge on any atom is -0.497 e. The first-order chi connectivity index (χ1) is 10.2. The van der Waals surface area contributed by atoms with Crippen LogP contribution in [0.15, 0.2) is 48.5 Å². The fourth-order valence-corrected chi connectivity index (χ4v) is 1.74. The van der Waals surface area contributed by atoms with Gasteiger partial charge in [-0.05, 0) is 42.0 Å². The van der Waals surface area contributed by atoms with Crippen molar-refractivity contribution >= 4 is 11.6 Å². The van der Waals surface area contributed by atoms with Gasteiger partial charge in [-0.25, -0.2) is 0 Å². The Balaban J connectivity index is 1.83. The van der Waals surface area contributed by atoms with Gasteiger partial charge in [0.2, 0.25) is 0 Å². The van der Waals surface area contributed by atoms with Gasteiger partial charge in [-0.15, -0.1) is 0 Å². The largest absolute Gasteiger partial charge is 0.497 e. The molecule has 0 aliphatic carbocycles. The summed E-state index contributed by atoms with van der Waals surface area (Å²) in [6, 6.07) is 14.4. The maximum Gasteiger partial charge on any atom is 0.262 e. The van der Waals surface area contributed by atoms with Crippen molar-refractivity contribution in [2.45, 2.75) is 6.54 Å². The normalized spacial score (nSPS) is 10.0. The molecule has 2 aromatic rings. The highest BCUT2D eigenvalue weighted by molar-refractivity contribution is 5.91. The highest BCUT2D eigenvalue weighted by Gasteiger charge is 2.04. The van der Waals surface area contributed by atoms with Crippen LogP contribution in [0.5, 0.6) is 11.5 Å². The van der Waals surface area contributed by atoms with Crippen LogP contribution in [0.1, 0.15) is 5.56 Å². The minimum absolute atomic E-state index is 0.0476. The molecular weight excluding hydrogens is 268 g/mol. The van der Waals surface area contributed by atoms with Gasteiger partial charge in [0.25, 0.3) is 5.91 Å². The number of anilines is 1. The highest BCUT2D eigenvalue weighted by Crippen LogP contribution is 2.15. The topological polar surface area (TPSA) is 73.6 Å². The Hall–Kier alpha value is -2.53. The number of nitrogens with one attached hydrogen (secondary N) is 1. The number of hydrogen-bond donors (Lipinski definition) is 2. The molecule has 0 saturated heterocycles. The predicted octanol–water partition coefficient (Wildman–Crippen LogP) is 2.17. The van der Waals surface area contributed by atoms with E-state index >= 15 is 0 Å². The van der Waals surface area contributed by atoms with E-state index in [0.717, 1.165) is 11.3 Å². The summed E-state index contributed by atoms with van der Waals surface area (Å²) in [6.07, 6.45) is 0. The SMILES string of the molecule is COc1ccc(NC(=O)COc2ccc(CN)cc2)cc1. The average Bonchev–Trinajstić information content (AvgIpc) is 2.54. The number of hydrogen-bond acceptors (Lipinski definition) is 4. The van der Waals surface area contributed by atoms with Gasteiger partial charge < -0.3 is 20.5 Å². The predicted molar refractivity (Wildman–Crippen MR) is 81.5 cm³/mol. The second kappa shape index (κ2) is 7.31. The Bertz CT molecular complexity index is 579. The van der Waals surface area contributed by atoms with Crippen LogP contribution < -0.4 is 20.5 Å². The molecule has 0 radical (unpaired) electrons. The lowest BCUT2D eigenvalue weighted by atomic mass is 10.2. The Labute approximate surface area is 123 Å². The zero-order chi connectivity index (χ0) is 15.1. The minimum atomic E-state index is -0.219. The molecule has 0 unspecified atom stereocenters. The molecule has 0 atom stereocenters. The molecule has 0 heterocycles. The van der Waals surface area contributed by atoms with Crippen LogP contribution in [0.4, 0.5) is 5.69 Å². The van der Waals surface area contributed by atoms with Crippen LogP contribution >= 0.6 is 0 Å². The number of carbonyl (C=O) groups excluding carboxylic acids is 1. The van der Waals surface area contributed by atoms with Crippen molar-refractivity contribution in [1.29, 1.82) is 0 Å². The number of ether oxygens (including phenoxy) is 2. The number of carbonyl (C=O) groups is 1. The van der Waals surface area contributed by atoms with Gasteiger partial charge in [0.1, 0.15) is 11.5 Å². The van der Waals surface area contributed by atoms with E-state index in [1.54, 1.807) is 43.5 Å². The first-order valence-electron chi connectivity index (χ1n) is 6.57. The van der Waals surface area contributed by atoms with E-state index in [0.29, 0.717) is 18.0 Å². The van der Waals surface area contributed by atoms with Crippen molar-refractivity contribution < 1.29 is 14.3 Å². The number of nitrogens with two attached hydrogens (primary N) is 1. The Morgan fingerprint density at radius 1 is 1.05 bits per heavy atom. The van der Waals surface area contributed by atoms with Crippen molar-refractivity contribution in [1.82, 2.24) is 0 Å². The molecule has 5 heteroatoms. The monoisotopic (exact) mass is 286 g/mol. The fraction of sp³-hybridized carbons (Fsp3) is 0.188. The second-order valence-electron chi connectivity index (χ2n) is 4.41. The maximum absolute atomic E-state index is 11.8. The van der Waals surface area contributed by atoms with Crippen molar-refractivity contribution in [3.05, 3.63) is 54.1 Å². The molecule has 2 rings (SSSR count). The van der Waals surface area contributed by atoms with Crippen molar-refractivity contribution in [3.63, 3.8) is 0 Å². The molecule has 0 fully saturated rings. The molecule has 5 nitrogen and oxygen atoms in total. The van der Waals surface area contributed by atoms with Gasteiger partial charge in [-0.1, -0.05) is 12.1 Å². The first-order valence-corrected chi connectivity index (χ1v) is 6.57. The van der Waals surface area contributed by atoms with Gasteiger partial charge >= 0.3 is 0 Å². The molecule has 2 aromatic carbocycles. The highest BCUT2D eigenvalue weighted by atomic mass is 16.5. The standard InChI is InChI=1S/C16H18N2O3/c1-20-14-8-4-13(5-9-14)18-16(19)11-21-15-6-2-12(10-17)3-7-15/h2-9H,10-11,17H2,1H3,(H,18,19). The lowest BCUT2D eigenvalue weighted by molar-refractivity contribution is -0.118. The molecular formula is C16H18N2O3. The van der Waals surface area contributed by atoms with Crippen LogP contribution in [0.2, 0.25) is 0 Å². The van der Waals surface area contributed by atoms with Crippen molar-refractivity contribution in [2.75, 3.05) is 19.0 Å². The van der Waals surface area contributed by atoms with Crippen LogP contribution in [0.3, 0.4) is 0 Å². The van der Waals surface area contributed by atoms with E-state index in [4.69, 9.17) is 15.2 Å². The summed E-state index contributed by atoms with van der Waals surface area (Å²) in [5.74, 6) is 1.16. The van der Waals surface area contributed by atoms with E-state index in [-0.39, 0.29) is 12.5 Å². The Morgan fingerprint density at radius 2 is 1.67 bits per heavy atom. The molecule has 0 aromatic heterocycles. The third-order valence-electron chi connectivity index (χ3n) is 2.90. The number of rotatable bonds is 6. The third kappa shape index (κ3) is 4.50. The summed E-state index contributed by atoms with van der Waals surface area (Å²) in [6.45, 7) is 0.437. The van der Waals surface area contributed by atoms with Crippen molar-refractivity contribution in [3.8, 4) is 11.5 Å². The summed E-state index contributed by atoms with van der Waals surface area (Å²) in [5, 5.41) is 2.75. The fourth-order valence-electron chi connectivity index (χ4n) is 1.74. The van der Waals surface area contributed by atoms with Crippen LogP contribution in [0.25, 0.3) is 0 Å². The van der Waals surface area contributed by atoms with Crippen LogP contribution in [-0.2, 0) is 11.3 Å². The Morgan fingerprint density at radius 3 is 2.24 bits per heavy atom. The first kappa shape index (κ1) is 14.9. The van der Waals surface area contributed by atoms with Gasteiger partial charge in [0.05, 0.1) is 7.11 Å². The van der Waals surface area contributed by atoms with E-state index in [9.17, 15) is 4.79 Å².